The first-order valence-electron chi connectivity index (χ1n) is 6.91. The molecule has 3 rings (SSSR count). The lowest BCUT2D eigenvalue weighted by atomic mass is 10.1. The normalized spacial score (nSPS) is 10.5. The molecule has 3 aromatic rings. The first-order valence-corrected chi connectivity index (χ1v) is 6.91. The van der Waals surface area contributed by atoms with Gasteiger partial charge in [0, 0.05) is 24.6 Å². The van der Waals surface area contributed by atoms with Gasteiger partial charge in [-0.25, -0.2) is 4.98 Å². The van der Waals surface area contributed by atoms with Gasteiger partial charge in [0.2, 0.25) is 0 Å². The summed E-state index contributed by atoms with van der Waals surface area (Å²) >= 11 is 0. The Bertz CT molecular complexity index is 1030. The fourth-order valence-electron chi connectivity index (χ4n) is 2.25. The highest BCUT2D eigenvalue weighted by Crippen LogP contribution is 2.23. The van der Waals surface area contributed by atoms with Crippen molar-refractivity contribution in [2.24, 2.45) is 0 Å². The number of fused-ring (bicyclic) bond motifs is 1. The van der Waals surface area contributed by atoms with E-state index in [1.807, 2.05) is 0 Å². The van der Waals surface area contributed by atoms with Crippen molar-refractivity contribution in [2.45, 2.75) is 6.92 Å². The second kappa shape index (κ2) is 5.92. The van der Waals surface area contributed by atoms with Crippen LogP contribution in [0, 0.1) is 10.1 Å². The number of rotatable bonds is 3. The molecule has 0 spiro atoms. The van der Waals surface area contributed by atoms with Crippen molar-refractivity contribution in [1.82, 2.24) is 9.97 Å². The molecule has 0 unspecified atom stereocenters. The van der Waals surface area contributed by atoms with Crippen LogP contribution in [0.2, 0.25) is 0 Å². The summed E-state index contributed by atoms with van der Waals surface area (Å²) in [6.45, 7) is 1.26. The molecule has 0 atom stereocenters. The van der Waals surface area contributed by atoms with Crippen LogP contribution < -0.4 is 10.3 Å². The van der Waals surface area contributed by atoms with Gasteiger partial charge in [-0.2, -0.15) is 0 Å². The predicted octanol–water partition coefficient (Wildman–Crippen LogP) is 2.42. The molecule has 1 heterocycles. The zero-order valence-electron chi connectivity index (χ0n) is 12.5. The van der Waals surface area contributed by atoms with Crippen LogP contribution in [-0.4, -0.2) is 20.9 Å². The first kappa shape index (κ1) is 15.3. The fourth-order valence-corrected chi connectivity index (χ4v) is 2.25. The highest BCUT2D eigenvalue weighted by molar-refractivity contribution is 5.82. The summed E-state index contributed by atoms with van der Waals surface area (Å²) in [6, 6.07) is 10.3. The largest absolute Gasteiger partial charge is 0.427 e. The number of H-pyrrole nitrogens is 1. The molecule has 8 heteroatoms. The van der Waals surface area contributed by atoms with Gasteiger partial charge in [0.05, 0.1) is 15.8 Å². The van der Waals surface area contributed by atoms with Crippen molar-refractivity contribution < 1.29 is 14.5 Å². The number of hydrogen-bond acceptors (Lipinski definition) is 6. The third-order valence-electron chi connectivity index (χ3n) is 3.27. The maximum absolute atomic E-state index is 12.3. The minimum absolute atomic E-state index is 0.0968. The number of carbonyl (C=O) groups is 1. The average Bonchev–Trinajstić information content (AvgIpc) is 2.55. The number of nitrogens with zero attached hydrogens (tertiary/aromatic N) is 2. The van der Waals surface area contributed by atoms with Crippen LogP contribution in [0.25, 0.3) is 22.3 Å². The van der Waals surface area contributed by atoms with Crippen molar-refractivity contribution in [1.29, 1.82) is 0 Å². The number of nitro benzene ring substituents is 1. The minimum atomic E-state index is -0.520. The Morgan fingerprint density at radius 2 is 2.04 bits per heavy atom. The molecule has 120 valence electrons. The number of non-ortho nitro benzene ring substituents is 1. The quantitative estimate of drug-likeness (QED) is 0.342. The third-order valence-corrected chi connectivity index (χ3v) is 3.27. The van der Waals surface area contributed by atoms with Gasteiger partial charge in [-0.1, -0.05) is 12.1 Å². The maximum atomic E-state index is 12.3. The summed E-state index contributed by atoms with van der Waals surface area (Å²) < 4.78 is 4.94. The zero-order chi connectivity index (χ0) is 17.3. The second-order valence-corrected chi connectivity index (χ2v) is 4.99. The molecule has 0 radical (unpaired) electrons. The van der Waals surface area contributed by atoms with Crippen molar-refractivity contribution in [2.75, 3.05) is 0 Å². The number of nitro groups is 1. The maximum Gasteiger partial charge on any atom is 0.308 e. The Balaban J connectivity index is 2.11. The average molecular weight is 325 g/mol. The number of hydrogen-bond donors (Lipinski definition) is 1. The Morgan fingerprint density at radius 1 is 1.25 bits per heavy atom. The van der Waals surface area contributed by atoms with Crippen LogP contribution in [0.1, 0.15) is 6.92 Å². The van der Waals surface area contributed by atoms with E-state index >= 15 is 0 Å². The number of aromatic amines is 1. The molecule has 24 heavy (non-hydrogen) atoms. The summed E-state index contributed by atoms with van der Waals surface area (Å²) in [6.07, 6.45) is 0. The van der Waals surface area contributed by atoms with E-state index in [0.717, 1.165) is 0 Å². The topological polar surface area (TPSA) is 115 Å². The number of nitrogens with one attached hydrogen (secondary N) is 1. The molecule has 0 saturated heterocycles. The number of benzene rings is 2. The van der Waals surface area contributed by atoms with Gasteiger partial charge in [-0.05, 0) is 18.2 Å². The molecule has 0 aliphatic heterocycles. The van der Waals surface area contributed by atoms with Gasteiger partial charge in [-0.15, -0.1) is 0 Å². The lowest BCUT2D eigenvalue weighted by Gasteiger charge is -2.05. The molecule has 0 bridgehead atoms. The van der Waals surface area contributed by atoms with E-state index in [1.165, 1.54) is 37.3 Å². The summed E-state index contributed by atoms with van der Waals surface area (Å²) in [5, 5.41) is 11.1. The van der Waals surface area contributed by atoms with E-state index < -0.39 is 16.5 Å². The lowest BCUT2D eigenvalue weighted by molar-refractivity contribution is -0.384. The molecule has 0 aliphatic rings. The van der Waals surface area contributed by atoms with E-state index in [4.69, 9.17) is 4.74 Å². The van der Waals surface area contributed by atoms with Gasteiger partial charge in [0.1, 0.15) is 11.6 Å². The molecule has 8 nitrogen and oxygen atoms in total. The van der Waals surface area contributed by atoms with E-state index in [9.17, 15) is 19.7 Å². The molecule has 0 saturated carbocycles. The molecule has 2 aromatic carbocycles. The highest BCUT2D eigenvalue weighted by atomic mass is 16.6. The summed E-state index contributed by atoms with van der Waals surface area (Å²) in [5.74, 6) is -0.0335. The minimum Gasteiger partial charge on any atom is -0.427 e. The molecule has 0 amide bonds. The van der Waals surface area contributed by atoms with Crippen LogP contribution >= 0.6 is 0 Å². The van der Waals surface area contributed by atoms with Gasteiger partial charge >= 0.3 is 5.97 Å². The van der Waals surface area contributed by atoms with Gasteiger partial charge in [-0.3, -0.25) is 19.7 Å². The summed E-state index contributed by atoms with van der Waals surface area (Å²) in [5.41, 5.74) is 0.277. The van der Waals surface area contributed by atoms with E-state index in [-0.39, 0.29) is 22.6 Å². The number of carbonyl (C=O) groups excluding carboxylic acids is 1. The van der Waals surface area contributed by atoms with Gasteiger partial charge in [0.15, 0.2) is 0 Å². The zero-order valence-corrected chi connectivity index (χ0v) is 12.5. The van der Waals surface area contributed by atoms with E-state index in [1.54, 1.807) is 12.1 Å². The highest BCUT2D eigenvalue weighted by Gasteiger charge is 2.11. The Hall–Kier alpha value is -3.55. The predicted molar refractivity (Wildman–Crippen MR) is 85.8 cm³/mol. The van der Waals surface area contributed by atoms with Crippen molar-refractivity contribution in [3.8, 4) is 17.1 Å². The van der Waals surface area contributed by atoms with Crippen molar-refractivity contribution in [3.05, 3.63) is 62.9 Å². The number of ether oxygens (including phenoxy) is 1. The Labute approximate surface area is 134 Å². The van der Waals surface area contributed by atoms with Crippen LogP contribution in [0.15, 0.2) is 47.3 Å². The molecule has 1 aromatic heterocycles. The SMILES string of the molecule is CC(=O)Oc1ccc2nc(-c3cccc([N+](=O)[O-])c3)[nH]c(=O)c2c1. The monoisotopic (exact) mass is 325 g/mol. The summed E-state index contributed by atoms with van der Waals surface area (Å²) in [4.78, 5) is 40.5. The van der Waals surface area contributed by atoms with Gasteiger partial charge < -0.3 is 9.72 Å². The lowest BCUT2D eigenvalue weighted by Crippen LogP contribution is -2.10. The number of esters is 1. The van der Waals surface area contributed by atoms with Crippen LogP contribution in [0.3, 0.4) is 0 Å². The van der Waals surface area contributed by atoms with E-state index in [2.05, 4.69) is 9.97 Å². The van der Waals surface area contributed by atoms with Crippen LogP contribution in [-0.2, 0) is 4.79 Å². The second-order valence-electron chi connectivity index (χ2n) is 4.99. The number of aromatic nitrogens is 2. The van der Waals surface area contributed by atoms with Crippen LogP contribution in [0.4, 0.5) is 5.69 Å². The molecular weight excluding hydrogens is 314 g/mol. The first-order chi connectivity index (χ1) is 11.4. The Morgan fingerprint density at radius 3 is 2.75 bits per heavy atom. The smallest absolute Gasteiger partial charge is 0.308 e. The van der Waals surface area contributed by atoms with Crippen molar-refractivity contribution in [3.63, 3.8) is 0 Å². The van der Waals surface area contributed by atoms with Crippen LogP contribution in [0.5, 0.6) is 5.75 Å². The summed E-state index contributed by atoms with van der Waals surface area (Å²) in [7, 11) is 0. The fraction of sp³-hybridized carbons (Fsp3) is 0.0625. The van der Waals surface area contributed by atoms with Crippen molar-refractivity contribution >= 4 is 22.6 Å². The molecule has 1 N–H and O–H groups in total. The van der Waals surface area contributed by atoms with Gasteiger partial charge in [0.25, 0.3) is 11.2 Å². The molecular formula is C16H11N3O5. The molecule has 0 fully saturated rings. The van der Waals surface area contributed by atoms with E-state index in [0.29, 0.717) is 11.1 Å². The standard InChI is InChI=1S/C16H11N3O5/c1-9(20)24-12-5-6-14-13(8-12)16(21)18-15(17-14)10-3-2-4-11(7-10)19(22)23/h2-8H,1H3,(H,17,18,21). The molecule has 0 aliphatic carbocycles. The Kier molecular flexibility index (Phi) is 3.78. The third kappa shape index (κ3) is 2.98.